The van der Waals surface area contributed by atoms with Crippen LogP contribution >= 0.6 is 11.6 Å². The van der Waals surface area contributed by atoms with Crippen LogP contribution in [0.5, 0.6) is 0 Å². The Hall–Kier alpha value is -0.610. The Kier molecular flexibility index (Phi) is 3.49. The highest BCUT2D eigenvalue weighted by Gasteiger charge is 2.10. The minimum atomic E-state index is -0.228. The smallest absolute Gasteiger partial charge is 0.244 e. The van der Waals surface area contributed by atoms with Crippen molar-refractivity contribution in [3.63, 3.8) is 0 Å². The highest BCUT2D eigenvalue weighted by Crippen LogP contribution is 2.16. The molecule has 0 spiro atoms. The predicted molar refractivity (Wildman–Crippen MR) is 44.1 cm³/mol. The lowest BCUT2D eigenvalue weighted by Crippen LogP contribution is -1.96. The van der Waals surface area contributed by atoms with Crippen LogP contribution in [0.3, 0.4) is 0 Å². The number of methoxy groups -OCH3 is 1. The first kappa shape index (κ1) is 9.48. The number of hydrogen-bond donors (Lipinski definition) is 0. The zero-order valence-corrected chi connectivity index (χ0v) is 7.84. The number of halogens is 1. The van der Waals surface area contributed by atoms with E-state index in [0.29, 0.717) is 24.7 Å². The minimum absolute atomic E-state index is 0.228. The van der Waals surface area contributed by atoms with Crippen LogP contribution < -0.4 is 0 Å². The molecule has 1 aromatic heterocycles. The van der Waals surface area contributed by atoms with E-state index in [1.807, 2.05) is 0 Å². The van der Waals surface area contributed by atoms with Gasteiger partial charge in [0.1, 0.15) is 5.38 Å². The summed E-state index contributed by atoms with van der Waals surface area (Å²) < 4.78 is 9.74. The predicted octanol–water partition coefficient (Wildman–Crippen LogP) is 1.56. The summed E-state index contributed by atoms with van der Waals surface area (Å²) in [7, 11) is 1.63. The summed E-state index contributed by atoms with van der Waals surface area (Å²) in [6.07, 6.45) is 0.656. The summed E-state index contributed by atoms with van der Waals surface area (Å²) in [4.78, 5) is 4.06. The van der Waals surface area contributed by atoms with Crippen molar-refractivity contribution in [1.29, 1.82) is 0 Å². The lowest BCUT2D eigenvalue weighted by molar-refractivity contribution is 0.199. The van der Waals surface area contributed by atoms with Crippen LogP contribution in [0.4, 0.5) is 0 Å². The van der Waals surface area contributed by atoms with Crippen molar-refractivity contribution in [3.05, 3.63) is 11.7 Å². The summed E-state index contributed by atoms with van der Waals surface area (Å²) in [5.41, 5.74) is 0. The van der Waals surface area contributed by atoms with Crippen molar-refractivity contribution in [2.45, 2.75) is 18.7 Å². The molecule has 0 saturated carbocycles. The van der Waals surface area contributed by atoms with Crippen LogP contribution in [0.15, 0.2) is 4.52 Å². The lowest BCUT2D eigenvalue weighted by atomic mass is 10.4. The Morgan fingerprint density at radius 2 is 2.42 bits per heavy atom. The van der Waals surface area contributed by atoms with Crippen molar-refractivity contribution in [1.82, 2.24) is 10.1 Å². The molecule has 0 saturated heterocycles. The molecule has 0 amide bonds. The molecule has 1 heterocycles. The average molecular weight is 191 g/mol. The third-order valence-electron chi connectivity index (χ3n) is 1.35. The quantitative estimate of drug-likeness (QED) is 0.676. The van der Waals surface area contributed by atoms with Crippen molar-refractivity contribution in [3.8, 4) is 0 Å². The molecule has 0 aliphatic carbocycles. The second-order valence-corrected chi connectivity index (χ2v) is 3.06. The van der Waals surface area contributed by atoms with Gasteiger partial charge < -0.3 is 9.26 Å². The van der Waals surface area contributed by atoms with Crippen LogP contribution in [0.25, 0.3) is 0 Å². The van der Waals surface area contributed by atoms with Crippen molar-refractivity contribution < 1.29 is 9.26 Å². The molecule has 5 heteroatoms. The summed E-state index contributed by atoms with van der Waals surface area (Å²) in [6, 6.07) is 0. The molecule has 0 radical (unpaired) electrons. The number of nitrogens with zero attached hydrogens (tertiary/aromatic N) is 2. The van der Waals surface area contributed by atoms with E-state index in [1.165, 1.54) is 0 Å². The zero-order valence-electron chi connectivity index (χ0n) is 7.08. The van der Waals surface area contributed by atoms with Crippen LogP contribution in [0.1, 0.15) is 24.0 Å². The summed E-state index contributed by atoms with van der Waals surface area (Å²) >= 11 is 5.72. The van der Waals surface area contributed by atoms with E-state index in [-0.39, 0.29) is 5.38 Å². The fourth-order valence-corrected chi connectivity index (χ4v) is 0.813. The van der Waals surface area contributed by atoms with Crippen molar-refractivity contribution in [2.24, 2.45) is 0 Å². The molecule has 1 unspecified atom stereocenters. The monoisotopic (exact) mass is 190 g/mol. The van der Waals surface area contributed by atoms with Gasteiger partial charge in [-0.1, -0.05) is 5.16 Å². The fraction of sp³-hybridized carbons (Fsp3) is 0.714. The Balaban J connectivity index is 2.52. The minimum Gasteiger partial charge on any atom is -0.384 e. The Labute approximate surface area is 75.9 Å². The molecule has 0 fully saturated rings. The van der Waals surface area contributed by atoms with Crippen LogP contribution in [-0.2, 0) is 11.2 Å². The SMILES string of the molecule is COCCc1noc(C(C)Cl)n1. The van der Waals surface area contributed by atoms with Gasteiger partial charge in [0.05, 0.1) is 6.61 Å². The molecule has 0 bridgehead atoms. The third-order valence-corrected chi connectivity index (χ3v) is 1.54. The van der Waals surface area contributed by atoms with Gasteiger partial charge in [-0.3, -0.25) is 0 Å². The molecular formula is C7H11ClN2O2. The number of alkyl halides is 1. The van der Waals surface area contributed by atoms with E-state index < -0.39 is 0 Å². The van der Waals surface area contributed by atoms with Crippen LogP contribution in [0.2, 0.25) is 0 Å². The first-order valence-corrected chi connectivity index (χ1v) is 4.13. The first-order chi connectivity index (χ1) is 5.74. The van der Waals surface area contributed by atoms with Gasteiger partial charge in [0.25, 0.3) is 0 Å². The number of aromatic nitrogens is 2. The maximum atomic E-state index is 5.72. The zero-order chi connectivity index (χ0) is 8.97. The van der Waals surface area contributed by atoms with Gasteiger partial charge >= 0.3 is 0 Å². The number of ether oxygens (including phenoxy) is 1. The lowest BCUT2D eigenvalue weighted by Gasteiger charge is -1.91. The molecule has 0 aliphatic heterocycles. The highest BCUT2D eigenvalue weighted by atomic mass is 35.5. The largest absolute Gasteiger partial charge is 0.384 e. The topological polar surface area (TPSA) is 48.2 Å². The number of rotatable bonds is 4. The molecular weight excluding hydrogens is 180 g/mol. The van der Waals surface area contributed by atoms with E-state index in [9.17, 15) is 0 Å². The normalized spacial score (nSPS) is 13.2. The Morgan fingerprint density at radius 1 is 1.67 bits per heavy atom. The van der Waals surface area contributed by atoms with Crippen LogP contribution in [-0.4, -0.2) is 23.9 Å². The van der Waals surface area contributed by atoms with Gasteiger partial charge in [-0.25, -0.2) is 0 Å². The molecule has 0 N–H and O–H groups in total. The van der Waals surface area contributed by atoms with E-state index in [0.717, 1.165) is 0 Å². The van der Waals surface area contributed by atoms with Gasteiger partial charge in [0, 0.05) is 13.5 Å². The Bertz CT molecular complexity index is 237. The Morgan fingerprint density at radius 3 is 2.92 bits per heavy atom. The molecule has 4 nitrogen and oxygen atoms in total. The van der Waals surface area contributed by atoms with E-state index >= 15 is 0 Å². The molecule has 1 rings (SSSR count). The number of hydrogen-bond acceptors (Lipinski definition) is 4. The molecule has 12 heavy (non-hydrogen) atoms. The summed E-state index contributed by atoms with van der Waals surface area (Å²) in [5, 5.41) is 3.50. The van der Waals surface area contributed by atoms with Gasteiger partial charge in [-0.2, -0.15) is 4.98 Å². The van der Waals surface area contributed by atoms with E-state index in [4.69, 9.17) is 20.9 Å². The van der Waals surface area contributed by atoms with Crippen molar-refractivity contribution >= 4 is 11.6 Å². The van der Waals surface area contributed by atoms with Gasteiger partial charge in [0.15, 0.2) is 5.82 Å². The van der Waals surface area contributed by atoms with Gasteiger partial charge in [-0.15, -0.1) is 11.6 Å². The third kappa shape index (κ3) is 2.46. The summed E-state index contributed by atoms with van der Waals surface area (Å²) in [6.45, 7) is 2.38. The highest BCUT2D eigenvalue weighted by molar-refractivity contribution is 6.20. The second kappa shape index (κ2) is 4.42. The molecule has 1 atom stereocenters. The second-order valence-electron chi connectivity index (χ2n) is 2.41. The molecule has 0 aliphatic rings. The standard InChI is InChI=1S/C7H11ClN2O2/c1-5(8)7-9-6(10-12-7)3-4-11-2/h5H,3-4H2,1-2H3. The first-order valence-electron chi connectivity index (χ1n) is 3.69. The van der Waals surface area contributed by atoms with Gasteiger partial charge in [0.2, 0.25) is 5.89 Å². The fourth-order valence-electron chi connectivity index (χ4n) is 0.724. The maximum Gasteiger partial charge on any atom is 0.244 e. The van der Waals surface area contributed by atoms with Crippen LogP contribution in [0, 0.1) is 0 Å². The molecule has 68 valence electrons. The average Bonchev–Trinajstić information content (AvgIpc) is 2.48. The van der Waals surface area contributed by atoms with E-state index in [2.05, 4.69) is 10.1 Å². The molecule has 0 aromatic carbocycles. The summed E-state index contributed by atoms with van der Waals surface area (Å²) in [5.74, 6) is 1.10. The molecule has 1 aromatic rings. The maximum absolute atomic E-state index is 5.72. The van der Waals surface area contributed by atoms with Gasteiger partial charge in [-0.05, 0) is 6.92 Å². The van der Waals surface area contributed by atoms with E-state index in [1.54, 1.807) is 14.0 Å². The van der Waals surface area contributed by atoms with Crippen molar-refractivity contribution in [2.75, 3.05) is 13.7 Å².